The first kappa shape index (κ1) is 20.5. The summed E-state index contributed by atoms with van der Waals surface area (Å²) in [5.74, 6) is 0.101. The number of rotatable bonds is 6. The summed E-state index contributed by atoms with van der Waals surface area (Å²) in [6.45, 7) is 2.62. The molecule has 1 aliphatic rings. The lowest BCUT2D eigenvalue weighted by Gasteiger charge is -2.36. The van der Waals surface area contributed by atoms with Gasteiger partial charge in [0.25, 0.3) is 0 Å². The highest BCUT2D eigenvalue weighted by Crippen LogP contribution is 2.38. The number of amides is 1. The largest absolute Gasteiger partial charge is 0.350 e. The number of nitrogens with two attached hydrogens (primary N) is 1. The van der Waals surface area contributed by atoms with Crippen LogP contribution in [0.3, 0.4) is 0 Å². The Balaban J connectivity index is 0.00000243. The van der Waals surface area contributed by atoms with E-state index in [0.29, 0.717) is 13.0 Å². The Kier molecular flexibility index (Phi) is 7.23. The van der Waals surface area contributed by atoms with E-state index in [9.17, 15) is 4.79 Å². The van der Waals surface area contributed by atoms with E-state index in [1.807, 2.05) is 42.1 Å². The number of nitrogens with zero attached hydrogens (tertiary/aromatic N) is 2. The molecule has 1 aliphatic carbocycles. The molecule has 0 aliphatic heterocycles. The van der Waals surface area contributed by atoms with Crippen LogP contribution < -0.4 is 11.1 Å². The highest BCUT2D eigenvalue weighted by atomic mass is 35.5. The maximum absolute atomic E-state index is 12.6. The van der Waals surface area contributed by atoms with Crippen molar-refractivity contribution < 1.29 is 4.79 Å². The fraction of sp³-hybridized carbons (Fsp3) is 0.500. The lowest BCUT2D eigenvalue weighted by atomic mass is 9.71. The normalized spacial score (nSPS) is 17.2. The van der Waals surface area contributed by atoms with E-state index in [1.54, 1.807) is 6.20 Å². The molecule has 1 saturated carbocycles. The minimum Gasteiger partial charge on any atom is -0.350 e. The number of nitrogens with one attached hydrogen (secondary N) is 1. The third kappa shape index (κ3) is 4.86. The van der Waals surface area contributed by atoms with Gasteiger partial charge in [0.05, 0.1) is 11.7 Å². The highest BCUT2D eigenvalue weighted by molar-refractivity contribution is 5.85. The maximum atomic E-state index is 12.6. The van der Waals surface area contributed by atoms with Gasteiger partial charge in [0.2, 0.25) is 5.91 Å². The molecular weight excluding hydrogens is 348 g/mol. The Morgan fingerprint density at radius 1 is 1.31 bits per heavy atom. The summed E-state index contributed by atoms with van der Waals surface area (Å²) >= 11 is 0. The molecule has 1 unspecified atom stereocenters. The van der Waals surface area contributed by atoms with Crippen LogP contribution in [0.1, 0.15) is 57.1 Å². The summed E-state index contributed by atoms with van der Waals surface area (Å²) < 4.78 is 1.82. The molecule has 3 N–H and O–H groups in total. The molecule has 26 heavy (non-hydrogen) atoms. The van der Waals surface area contributed by atoms with Crippen LogP contribution >= 0.6 is 12.4 Å². The standard InChI is InChI=1S/C20H28N4O.ClH/c1-16(17-7-5-8-18(13-17)24-12-6-11-22-24)23-19(25)14-20(15-21)9-3-2-4-10-20;/h5-8,11-13,16H,2-4,9-10,14-15,21H2,1H3,(H,23,25);1H. The van der Waals surface area contributed by atoms with Crippen LogP contribution in [0.5, 0.6) is 0 Å². The molecule has 0 radical (unpaired) electrons. The summed E-state index contributed by atoms with van der Waals surface area (Å²) in [4.78, 5) is 12.6. The molecule has 5 nitrogen and oxygen atoms in total. The van der Waals surface area contributed by atoms with Gasteiger partial charge in [-0.05, 0) is 55.5 Å². The van der Waals surface area contributed by atoms with Crippen molar-refractivity contribution in [1.29, 1.82) is 0 Å². The van der Waals surface area contributed by atoms with Gasteiger partial charge in [-0.2, -0.15) is 5.10 Å². The van der Waals surface area contributed by atoms with Crippen LogP contribution in [-0.2, 0) is 4.79 Å². The van der Waals surface area contributed by atoms with Crippen LogP contribution in [-0.4, -0.2) is 22.2 Å². The van der Waals surface area contributed by atoms with Crippen molar-refractivity contribution in [2.24, 2.45) is 11.1 Å². The summed E-state index contributed by atoms with van der Waals surface area (Å²) in [6, 6.07) is 9.97. The van der Waals surface area contributed by atoms with E-state index in [4.69, 9.17) is 5.73 Å². The monoisotopic (exact) mass is 376 g/mol. The predicted molar refractivity (Wildman–Crippen MR) is 107 cm³/mol. The van der Waals surface area contributed by atoms with Crippen molar-refractivity contribution in [3.63, 3.8) is 0 Å². The zero-order valence-electron chi connectivity index (χ0n) is 15.4. The Morgan fingerprint density at radius 3 is 2.73 bits per heavy atom. The van der Waals surface area contributed by atoms with Crippen molar-refractivity contribution in [2.75, 3.05) is 6.54 Å². The van der Waals surface area contributed by atoms with Crippen LogP contribution in [0.2, 0.25) is 0 Å². The first-order valence-corrected chi connectivity index (χ1v) is 9.21. The molecule has 1 amide bonds. The molecule has 1 heterocycles. The third-order valence-corrected chi connectivity index (χ3v) is 5.40. The number of hydrogen-bond donors (Lipinski definition) is 2. The van der Waals surface area contributed by atoms with Crippen molar-refractivity contribution in [3.05, 3.63) is 48.3 Å². The zero-order valence-corrected chi connectivity index (χ0v) is 16.2. The molecule has 1 aromatic carbocycles. The van der Waals surface area contributed by atoms with Gasteiger partial charge in [-0.15, -0.1) is 12.4 Å². The van der Waals surface area contributed by atoms with Gasteiger partial charge in [0.15, 0.2) is 0 Å². The number of carbonyl (C=O) groups is 1. The van der Waals surface area contributed by atoms with Gasteiger partial charge in [0.1, 0.15) is 0 Å². The van der Waals surface area contributed by atoms with E-state index in [1.165, 1.54) is 19.3 Å². The summed E-state index contributed by atoms with van der Waals surface area (Å²) in [5.41, 5.74) is 8.08. The van der Waals surface area contributed by atoms with Crippen LogP contribution in [0.4, 0.5) is 0 Å². The van der Waals surface area contributed by atoms with Gasteiger partial charge < -0.3 is 11.1 Å². The first-order chi connectivity index (χ1) is 12.1. The molecule has 0 spiro atoms. The number of hydrogen-bond acceptors (Lipinski definition) is 3. The SMILES string of the molecule is CC(NC(=O)CC1(CN)CCCCC1)c1cccc(-n2cccn2)c1.Cl. The summed E-state index contributed by atoms with van der Waals surface area (Å²) in [5, 5.41) is 7.41. The molecule has 1 atom stereocenters. The minimum atomic E-state index is -0.0403. The van der Waals surface area contributed by atoms with Gasteiger partial charge in [0, 0.05) is 18.8 Å². The second-order valence-corrected chi connectivity index (χ2v) is 7.28. The molecule has 3 rings (SSSR count). The van der Waals surface area contributed by atoms with E-state index in [-0.39, 0.29) is 29.8 Å². The van der Waals surface area contributed by atoms with E-state index < -0.39 is 0 Å². The fourth-order valence-electron chi connectivity index (χ4n) is 3.83. The average Bonchev–Trinajstić information content (AvgIpc) is 3.17. The smallest absolute Gasteiger partial charge is 0.221 e. The average molecular weight is 377 g/mol. The Morgan fingerprint density at radius 2 is 2.08 bits per heavy atom. The molecule has 1 aromatic heterocycles. The van der Waals surface area contributed by atoms with Crippen LogP contribution in [0.25, 0.3) is 5.69 Å². The van der Waals surface area contributed by atoms with Crippen molar-refractivity contribution >= 4 is 18.3 Å². The maximum Gasteiger partial charge on any atom is 0.221 e. The number of aromatic nitrogens is 2. The van der Waals surface area contributed by atoms with Gasteiger partial charge in [-0.1, -0.05) is 31.4 Å². The first-order valence-electron chi connectivity index (χ1n) is 9.21. The van der Waals surface area contributed by atoms with Crippen molar-refractivity contribution in [1.82, 2.24) is 15.1 Å². The molecule has 6 heteroatoms. The molecular formula is C20H29ClN4O. The Hall–Kier alpha value is -1.85. The van der Waals surface area contributed by atoms with Gasteiger partial charge in [-0.3, -0.25) is 4.79 Å². The molecule has 0 saturated heterocycles. The van der Waals surface area contributed by atoms with Crippen LogP contribution in [0.15, 0.2) is 42.7 Å². The lowest BCUT2D eigenvalue weighted by molar-refractivity contribution is -0.124. The third-order valence-electron chi connectivity index (χ3n) is 5.40. The molecule has 0 bridgehead atoms. The number of benzene rings is 1. The highest BCUT2D eigenvalue weighted by Gasteiger charge is 2.33. The van der Waals surface area contributed by atoms with Gasteiger partial charge >= 0.3 is 0 Å². The van der Waals surface area contributed by atoms with Gasteiger partial charge in [-0.25, -0.2) is 4.68 Å². The van der Waals surface area contributed by atoms with Crippen LogP contribution in [0, 0.1) is 5.41 Å². The molecule has 142 valence electrons. The topological polar surface area (TPSA) is 72.9 Å². The quantitative estimate of drug-likeness (QED) is 0.805. The second kappa shape index (κ2) is 9.19. The number of carbonyl (C=O) groups excluding carboxylic acids is 1. The van der Waals surface area contributed by atoms with E-state index >= 15 is 0 Å². The second-order valence-electron chi connectivity index (χ2n) is 7.28. The summed E-state index contributed by atoms with van der Waals surface area (Å²) in [7, 11) is 0. The van der Waals surface area contributed by atoms with E-state index in [2.05, 4.69) is 16.5 Å². The Bertz CT molecular complexity index is 696. The van der Waals surface area contributed by atoms with E-state index in [0.717, 1.165) is 24.1 Å². The summed E-state index contributed by atoms with van der Waals surface area (Å²) in [6.07, 6.45) is 9.98. The van der Waals surface area contributed by atoms with Crippen molar-refractivity contribution in [3.8, 4) is 5.69 Å². The predicted octanol–water partition coefficient (Wildman–Crippen LogP) is 3.77. The van der Waals surface area contributed by atoms with Crippen molar-refractivity contribution in [2.45, 2.75) is 51.5 Å². The molecule has 1 fully saturated rings. The minimum absolute atomic E-state index is 0. The zero-order chi connectivity index (χ0) is 17.7. The molecule has 2 aromatic rings. The fourth-order valence-corrected chi connectivity index (χ4v) is 3.83. The Labute approximate surface area is 161 Å². The number of halogens is 1. The lowest BCUT2D eigenvalue weighted by Crippen LogP contribution is -2.39.